The van der Waals surface area contributed by atoms with Crippen LogP contribution in [0.3, 0.4) is 0 Å². The van der Waals surface area contributed by atoms with Crippen molar-refractivity contribution in [3.63, 3.8) is 0 Å². The van der Waals surface area contributed by atoms with Crippen molar-refractivity contribution in [2.24, 2.45) is 11.3 Å². The highest BCUT2D eigenvalue weighted by atomic mass is 32.1. The lowest BCUT2D eigenvalue weighted by Crippen LogP contribution is -2.40. The van der Waals surface area contributed by atoms with Gasteiger partial charge in [-0.15, -0.1) is 11.3 Å². The van der Waals surface area contributed by atoms with E-state index in [1.165, 1.54) is 12.8 Å². The summed E-state index contributed by atoms with van der Waals surface area (Å²) in [5, 5.41) is 6.61. The average Bonchev–Trinajstić information content (AvgIpc) is 2.96. The Morgan fingerprint density at radius 1 is 1.38 bits per heavy atom. The first-order chi connectivity index (χ1) is 10.1. The second kappa shape index (κ2) is 5.75. The van der Waals surface area contributed by atoms with Crippen molar-refractivity contribution >= 4 is 33.3 Å². The van der Waals surface area contributed by atoms with Gasteiger partial charge in [0, 0.05) is 6.54 Å². The number of nitrogens with two attached hydrogens (primary N) is 1. The van der Waals surface area contributed by atoms with E-state index in [-0.39, 0.29) is 0 Å². The Morgan fingerprint density at radius 3 is 2.86 bits per heavy atom. The minimum Gasteiger partial charge on any atom is -0.369 e. The van der Waals surface area contributed by atoms with Gasteiger partial charge in [-0.05, 0) is 49.8 Å². The van der Waals surface area contributed by atoms with Gasteiger partial charge >= 0.3 is 0 Å². The van der Waals surface area contributed by atoms with E-state index in [2.05, 4.69) is 45.6 Å². The minimum absolute atomic E-state index is 0.316. The second-order valence-electron chi connectivity index (χ2n) is 6.15. The van der Waals surface area contributed by atoms with Crippen LogP contribution in [-0.2, 0) is 0 Å². The predicted octanol–water partition coefficient (Wildman–Crippen LogP) is 2.12. The third-order valence-corrected chi connectivity index (χ3v) is 5.14. The van der Waals surface area contributed by atoms with Gasteiger partial charge in [-0.3, -0.25) is 5.43 Å². The molecule has 0 atom stereocenters. The molecule has 7 heteroatoms. The number of nitrogen functional groups attached to an aromatic ring is 1. The van der Waals surface area contributed by atoms with Gasteiger partial charge in [0.25, 0.3) is 0 Å². The number of nitrogens with zero attached hydrogens (tertiary/aromatic N) is 3. The molecule has 0 spiro atoms. The second-order valence-corrected chi connectivity index (χ2v) is 7.04. The van der Waals surface area contributed by atoms with E-state index in [1.807, 2.05) is 5.38 Å². The van der Waals surface area contributed by atoms with Crippen molar-refractivity contribution in [2.75, 3.05) is 37.4 Å². The zero-order chi connectivity index (χ0) is 14.9. The van der Waals surface area contributed by atoms with E-state index >= 15 is 0 Å². The standard InChI is InChI=1S/C14H22N6S/c1-14(4-6-20(2)7-5-14)9-16-11-10-3-8-21-12(10)18-13(17-11)19-15/h3,8H,4-7,9,15H2,1-2H3,(H2,16,17,18,19). The SMILES string of the molecule is CN1CCC(C)(CNc2nc(NN)nc3sccc23)CC1. The van der Waals surface area contributed by atoms with Gasteiger partial charge in [-0.25, -0.2) is 10.8 Å². The number of fused-ring (bicyclic) bond motifs is 1. The molecule has 1 aliphatic heterocycles. The van der Waals surface area contributed by atoms with Gasteiger partial charge in [-0.2, -0.15) is 4.98 Å². The molecule has 114 valence electrons. The number of anilines is 2. The van der Waals surface area contributed by atoms with Crippen LogP contribution in [0.5, 0.6) is 0 Å². The Balaban J connectivity index is 1.77. The molecule has 21 heavy (non-hydrogen) atoms. The summed E-state index contributed by atoms with van der Waals surface area (Å²) in [4.78, 5) is 12.2. The molecule has 1 fully saturated rings. The fourth-order valence-corrected chi connectivity index (χ4v) is 3.45. The third kappa shape index (κ3) is 3.09. The first-order valence-electron chi connectivity index (χ1n) is 7.24. The third-order valence-electron chi connectivity index (χ3n) is 4.33. The van der Waals surface area contributed by atoms with E-state index < -0.39 is 0 Å². The van der Waals surface area contributed by atoms with Gasteiger partial charge in [-0.1, -0.05) is 6.92 Å². The molecule has 4 N–H and O–H groups in total. The number of nitrogens with one attached hydrogen (secondary N) is 2. The quantitative estimate of drug-likeness (QED) is 0.593. The summed E-state index contributed by atoms with van der Waals surface area (Å²) in [5.41, 5.74) is 2.86. The molecule has 1 aliphatic rings. The number of piperidine rings is 1. The van der Waals surface area contributed by atoms with Crippen LogP contribution >= 0.6 is 11.3 Å². The van der Waals surface area contributed by atoms with Crippen molar-refractivity contribution in [3.8, 4) is 0 Å². The van der Waals surface area contributed by atoms with E-state index in [0.717, 1.165) is 35.7 Å². The first kappa shape index (κ1) is 14.5. The van der Waals surface area contributed by atoms with Gasteiger partial charge in [0.2, 0.25) is 5.95 Å². The summed E-state index contributed by atoms with van der Waals surface area (Å²) < 4.78 is 0. The fraction of sp³-hybridized carbons (Fsp3) is 0.571. The van der Waals surface area contributed by atoms with Gasteiger partial charge in [0.1, 0.15) is 10.6 Å². The molecule has 6 nitrogen and oxygen atoms in total. The number of hydrazine groups is 1. The Bertz CT molecular complexity index is 617. The van der Waals surface area contributed by atoms with Crippen LogP contribution in [0, 0.1) is 5.41 Å². The van der Waals surface area contributed by atoms with E-state index in [9.17, 15) is 0 Å². The Labute approximate surface area is 128 Å². The smallest absolute Gasteiger partial charge is 0.240 e. The van der Waals surface area contributed by atoms with Crippen LogP contribution < -0.4 is 16.6 Å². The summed E-state index contributed by atoms with van der Waals surface area (Å²) in [6.45, 7) is 5.59. The molecular formula is C14H22N6S. The molecule has 1 saturated heterocycles. The maximum atomic E-state index is 5.46. The number of rotatable bonds is 4. The van der Waals surface area contributed by atoms with Gasteiger partial charge in [0.15, 0.2) is 0 Å². The van der Waals surface area contributed by atoms with Crippen LogP contribution in [0.15, 0.2) is 11.4 Å². The van der Waals surface area contributed by atoms with Crippen LogP contribution in [0.25, 0.3) is 10.2 Å². The number of thiophene rings is 1. The van der Waals surface area contributed by atoms with Crippen LogP contribution in [0.4, 0.5) is 11.8 Å². The lowest BCUT2D eigenvalue weighted by atomic mass is 9.80. The van der Waals surface area contributed by atoms with Crippen molar-refractivity contribution in [3.05, 3.63) is 11.4 Å². The van der Waals surface area contributed by atoms with Crippen molar-refractivity contribution in [1.82, 2.24) is 14.9 Å². The van der Waals surface area contributed by atoms with Gasteiger partial charge in [0.05, 0.1) is 5.39 Å². The normalized spacial score (nSPS) is 18.8. The Kier molecular flexibility index (Phi) is 3.97. The molecule has 0 saturated carbocycles. The summed E-state index contributed by atoms with van der Waals surface area (Å²) in [7, 11) is 2.19. The average molecular weight is 306 g/mol. The van der Waals surface area contributed by atoms with E-state index in [1.54, 1.807) is 11.3 Å². The van der Waals surface area contributed by atoms with Crippen molar-refractivity contribution in [1.29, 1.82) is 0 Å². The number of likely N-dealkylation sites (tertiary alicyclic amines) is 1. The maximum Gasteiger partial charge on any atom is 0.240 e. The summed E-state index contributed by atoms with van der Waals surface area (Å²) in [6, 6.07) is 2.06. The topological polar surface area (TPSA) is 79.1 Å². The lowest BCUT2D eigenvalue weighted by Gasteiger charge is -2.38. The zero-order valence-electron chi connectivity index (χ0n) is 12.5. The summed E-state index contributed by atoms with van der Waals surface area (Å²) >= 11 is 1.60. The van der Waals surface area contributed by atoms with Gasteiger partial charge < -0.3 is 10.2 Å². The molecule has 0 amide bonds. The predicted molar refractivity (Wildman–Crippen MR) is 88.6 cm³/mol. The van der Waals surface area contributed by atoms with Crippen molar-refractivity contribution < 1.29 is 0 Å². The van der Waals surface area contributed by atoms with Crippen LogP contribution in [-0.4, -0.2) is 41.5 Å². The molecule has 0 unspecified atom stereocenters. The molecule has 2 aromatic heterocycles. The number of hydrogen-bond donors (Lipinski definition) is 3. The molecule has 0 bridgehead atoms. The largest absolute Gasteiger partial charge is 0.369 e. The Morgan fingerprint density at radius 2 is 2.14 bits per heavy atom. The lowest BCUT2D eigenvalue weighted by molar-refractivity contribution is 0.150. The summed E-state index contributed by atoms with van der Waals surface area (Å²) in [5.74, 6) is 6.78. The first-order valence-corrected chi connectivity index (χ1v) is 8.12. The van der Waals surface area contributed by atoms with E-state index in [0.29, 0.717) is 11.4 Å². The number of aromatic nitrogens is 2. The molecule has 3 rings (SSSR count). The highest BCUT2D eigenvalue weighted by molar-refractivity contribution is 7.16. The summed E-state index contributed by atoms with van der Waals surface area (Å²) in [6.07, 6.45) is 2.41. The van der Waals surface area contributed by atoms with Crippen LogP contribution in [0.2, 0.25) is 0 Å². The molecule has 0 aliphatic carbocycles. The molecule has 3 heterocycles. The number of hydrogen-bond acceptors (Lipinski definition) is 7. The zero-order valence-corrected chi connectivity index (χ0v) is 13.3. The highest BCUT2D eigenvalue weighted by Gasteiger charge is 2.28. The minimum atomic E-state index is 0.316. The molecule has 2 aromatic rings. The maximum absolute atomic E-state index is 5.46. The molecule has 0 radical (unpaired) electrons. The van der Waals surface area contributed by atoms with Crippen molar-refractivity contribution in [2.45, 2.75) is 19.8 Å². The Hall–Kier alpha value is -1.44. The van der Waals surface area contributed by atoms with E-state index in [4.69, 9.17) is 5.84 Å². The molecular weight excluding hydrogens is 284 g/mol. The fourth-order valence-electron chi connectivity index (χ4n) is 2.69. The highest BCUT2D eigenvalue weighted by Crippen LogP contribution is 2.32. The molecule has 0 aromatic carbocycles. The van der Waals surface area contributed by atoms with Crippen LogP contribution in [0.1, 0.15) is 19.8 Å². The monoisotopic (exact) mass is 306 g/mol.